The number of fused-ring (bicyclic) bond motifs is 1. The predicted molar refractivity (Wildman–Crippen MR) is 53.8 cm³/mol. The maximum Gasteiger partial charge on any atom is 0.0939 e. The van der Waals surface area contributed by atoms with Crippen LogP contribution in [-0.4, -0.2) is 0 Å². The van der Waals surface area contributed by atoms with Crippen molar-refractivity contribution in [2.75, 3.05) is 0 Å². The van der Waals surface area contributed by atoms with Crippen LogP contribution in [0.4, 0.5) is 0 Å². The summed E-state index contributed by atoms with van der Waals surface area (Å²) in [6.07, 6.45) is 11.6. The van der Waals surface area contributed by atoms with E-state index in [1.54, 1.807) is 11.8 Å². The highest BCUT2D eigenvalue weighted by atomic mass is 16.5. The van der Waals surface area contributed by atoms with E-state index >= 15 is 0 Å². The van der Waals surface area contributed by atoms with Gasteiger partial charge in [-0.15, -0.1) is 0 Å². The topological polar surface area (TPSA) is 9.23 Å². The lowest BCUT2D eigenvalue weighted by atomic mass is 10.0. The number of unbranched alkanes of at least 4 members (excludes halogenated alkanes) is 1. The molecule has 1 aliphatic carbocycles. The van der Waals surface area contributed by atoms with Gasteiger partial charge in [0.1, 0.15) is 0 Å². The van der Waals surface area contributed by atoms with Gasteiger partial charge >= 0.3 is 0 Å². The number of rotatable bonds is 3. The van der Waals surface area contributed by atoms with Crippen LogP contribution in [0.5, 0.6) is 0 Å². The molecule has 0 unspecified atom stereocenters. The van der Waals surface area contributed by atoms with E-state index in [2.05, 4.69) is 13.0 Å². The molecule has 1 radical (unpaired) electrons. The zero-order valence-electron chi connectivity index (χ0n) is 7.88. The molecule has 2 rings (SSSR count). The third-order valence-corrected chi connectivity index (χ3v) is 2.68. The lowest BCUT2D eigenvalue weighted by molar-refractivity contribution is 0.393. The molecule has 0 saturated heterocycles. The van der Waals surface area contributed by atoms with Crippen LogP contribution in [0.15, 0.2) is 35.3 Å². The van der Waals surface area contributed by atoms with Crippen molar-refractivity contribution in [1.29, 1.82) is 0 Å². The fraction of sp³-hybridized carbons (Fsp3) is 0.417. The predicted octanol–water partition coefficient (Wildman–Crippen LogP) is 3.51. The van der Waals surface area contributed by atoms with E-state index in [1.807, 2.05) is 6.26 Å². The summed E-state index contributed by atoms with van der Waals surface area (Å²) in [5.41, 5.74) is 4.40. The summed E-state index contributed by atoms with van der Waals surface area (Å²) in [5, 5.41) is 0. The van der Waals surface area contributed by atoms with E-state index in [4.69, 9.17) is 4.74 Å². The smallest absolute Gasteiger partial charge is 0.0939 e. The van der Waals surface area contributed by atoms with E-state index in [0.717, 1.165) is 12.8 Å². The first-order valence-corrected chi connectivity index (χ1v) is 4.94. The fourth-order valence-corrected chi connectivity index (χ4v) is 1.96. The van der Waals surface area contributed by atoms with Gasteiger partial charge in [0, 0.05) is 0 Å². The Morgan fingerprint density at radius 2 is 2.31 bits per heavy atom. The Kier molecular flexibility index (Phi) is 2.53. The Morgan fingerprint density at radius 3 is 3.15 bits per heavy atom. The maximum absolute atomic E-state index is 5.15. The monoisotopic (exact) mass is 175 g/mol. The first kappa shape index (κ1) is 8.61. The van der Waals surface area contributed by atoms with Crippen LogP contribution in [0.1, 0.15) is 32.1 Å². The summed E-state index contributed by atoms with van der Waals surface area (Å²) in [6.45, 7) is 3.87. The molecule has 2 aliphatic rings. The first-order chi connectivity index (χ1) is 6.42. The molecule has 1 heterocycles. The minimum atomic E-state index is 1.04. The lowest BCUT2D eigenvalue weighted by Crippen LogP contribution is -1.88. The van der Waals surface area contributed by atoms with E-state index < -0.39 is 0 Å². The molecule has 0 aromatic carbocycles. The zero-order chi connectivity index (χ0) is 9.10. The van der Waals surface area contributed by atoms with Gasteiger partial charge in [-0.1, -0.05) is 18.9 Å². The van der Waals surface area contributed by atoms with Crippen LogP contribution in [0.3, 0.4) is 0 Å². The van der Waals surface area contributed by atoms with Crippen LogP contribution in [0, 0.1) is 6.92 Å². The van der Waals surface area contributed by atoms with Gasteiger partial charge < -0.3 is 4.74 Å². The average Bonchev–Trinajstić information content (AvgIpc) is 2.58. The summed E-state index contributed by atoms with van der Waals surface area (Å²) in [5.74, 6) is 0. The van der Waals surface area contributed by atoms with Crippen molar-refractivity contribution in [1.82, 2.24) is 0 Å². The molecule has 69 valence electrons. The summed E-state index contributed by atoms with van der Waals surface area (Å²) in [6, 6.07) is 0. The Hall–Kier alpha value is -0.980. The maximum atomic E-state index is 5.15. The summed E-state index contributed by atoms with van der Waals surface area (Å²) >= 11 is 0. The van der Waals surface area contributed by atoms with Crippen molar-refractivity contribution >= 4 is 0 Å². The molecule has 0 fully saturated rings. The fourth-order valence-electron chi connectivity index (χ4n) is 1.96. The van der Waals surface area contributed by atoms with E-state index in [1.165, 1.54) is 30.4 Å². The average molecular weight is 175 g/mol. The van der Waals surface area contributed by atoms with Crippen molar-refractivity contribution in [3.05, 3.63) is 42.2 Å². The van der Waals surface area contributed by atoms with Crippen LogP contribution < -0.4 is 0 Å². The second kappa shape index (κ2) is 3.82. The highest BCUT2D eigenvalue weighted by Crippen LogP contribution is 2.36. The van der Waals surface area contributed by atoms with E-state index in [0.29, 0.717) is 0 Å². The molecular formula is C12H15O. The van der Waals surface area contributed by atoms with Crippen molar-refractivity contribution < 1.29 is 4.74 Å². The Labute approximate surface area is 79.8 Å². The quantitative estimate of drug-likeness (QED) is 0.637. The molecule has 1 nitrogen and oxygen atoms in total. The van der Waals surface area contributed by atoms with Gasteiger partial charge in [-0.25, -0.2) is 0 Å². The molecule has 0 aromatic heterocycles. The second-order valence-corrected chi connectivity index (χ2v) is 3.56. The van der Waals surface area contributed by atoms with Crippen molar-refractivity contribution in [2.45, 2.75) is 32.1 Å². The normalized spacial score (nSPS) is 19.9. The molecular weight excluding hydrogens is 160 g/mol. The Balaban J connectivity index is 2.12. The van der Waals surface area contributed by atoms with Gasteiger partial charge in [-0.05, 0) is 42.9 Å². The molecule has 0 bridgehead atoms. The molecule has 0 amide bonds. The Morgan fingerprint density at radius 1 is 1.38 bits per heavy atom. The van der Waals surface area contributed by atoms with Gasteiger partial charge in [0.2, 0.25) is 0 Å². The number of hydrogen-bond donors (Lipinski definition) is 0. The number of allylic oxidation sites excluding steroid dienone is 4. The summed E-state index contributed by atoms with van der Waals surface area (Å²) in [4.78, 5) is 0. The van der Waals surface area contributed by atoms with Gasteiger partial charge in [-0.2, -0.15) is 0 Å². The highest BCUT2D eigenvalue weighted by molar-refractivity contribution is 5.48. The molecule has 1 heteroatoms. The van der Waals surface area contributed by atoms with Crippen LogP contribution in [-0.2, 0) is 4.74 Å². The summed E-state index contributed by atoms with van der Waals surface area (Å²) < 4.78 is 5.15. The summed E-state index contributed by atoms with van der Waals surface area (Å²) in [7, 11) is 0. The van der Waals surface area contributed by atoms with Crippen LogP contribution >= 0.6 is 0 Å². The molecule has 13 heavy (non-hydrogen) atoms. The number of ether oxygens (including phenoxy) is 1. The molecule has 1 aliphatic heterocycles. The molecule has 0 saturated carbocycles. The van der Waals surface area contributed by atoms with Crippen molar-refractivity contribution in [3.8, 4) is 0 Å². The van der Waals surface area contributed by atoms with Gasteiger partial charge in [0.25, 0.3) is 0 Å². The highest BCUT2D eigenvalue weighted by Gasteiger charge is 2.18. The second-order valence-electron chi connectivity index (χ2n) is 3.56. The Bertz CT molecular complexity index is 281. The van der Waals surface area contributed by atoms with Gasteiger partial charge in [-0.3, -0.25) is 0 Å². The third-order valence-electron chi connectivity index (χ3n) is 2.68. The van der Waals surface area contributed by atoms with Crippen molar-refractivity contribution in [2.24, 2.45) is 0 Å². The van der Waals surface area contributed by atoms with Crippen molar-refractivity contribution in [3.63, 3.8) is 0 Å². The molecule has 0 N–H and O–H groups in total. The molecule has 0 aromatic rings. The first-order valence-electron chi connectivity index (χ1n) is 4.94. The minimum Gasteiger partial charge on any atom is -0.472 e. The van der Waals surface area contributed by atoms with Crippen LogP contribution in [0.2, 0.25) is 0 Å². The third kappa shape index (κ3) is 1.69. The van der Waals surface area contributed by atoms with Gasteiger partial charge in [0.05, 0.1) is 12.5 Å². The van der Waals surface area contributed by atoms with E-state index in [9.17, 15) is 0 Å². The van der Waals surface area contributed by atoms with Crippen LogP contribution in [0.25, 0.3) is 0 Å². The molecule has 0 atom stereocenters. The lowest BCUT2D eigenvalue weighted by Gasteiger charge is -2.07. The van der Waals surface area contributed by atoms with Gasteiger partial charge in [0.15, 0.2) is 0 Å². The SMILES string of the molecule is [CH2]CCCC1=C2C=COC=C2CC1. The zero-order valence-corrected chi connectivity index (χ0v) is 7.88. The number of hydrogen-bond acceptors (Lipinski definition) is 1. The molecule has 0 spiro atoms. The standard InChI is InChI=1S/C12H15O/c1-2-3-4-10-5-6-11-9-13-8-7-12(10)11/h7-9H,1-6H2. The van der Waals surface area contributed by atoms with E-state index in [-0.39, 0.29) is 0 Å². The minimum absolute atomic E-state index is 1.04. The largest absolute Gasteiger partial charge is 0.472 e.